The zero-order chi connectivity index (χ0) is 22.3. The van der Waals surface area contributed by atoms with Gasteiger partial charge in [-0.2, -0.15) is 0 Å². The van der Waals surface area contributed by atoms with Gasteiger partial charge >= 0.3 is 0 Å². The Morgan fingerprint density at radius 1 is 0.677 bits per heavy atom. The molecule has 0 saturated carbocycles. The van der Waals surface area contributed by atoms with Crippen LogP contribution in [0.1, 0.15) is 36.6 Å². The van der Waals surface area contributed by atoms with Crippen LogP contribution in [0.25, 0.3) is 0 Å². The molecule has 31 heavy (non-hydrogen) atoms. The highest BCUT2D eigenvalue weighted by molar-refractivity contribution is 6.34. The molecule has 2 amide bonds. The number of nitro groups is 2. The predicted octanol–water partition coefficient (Wildman–Crippen LogP) is 3.53. The van der Waals surface area contributed by atoms with Crippen molar-refractivity contribution in [1.82, 2.24) is 0 Å². The molecule has 0 fully saturated rings. The first-order valence-electron chi connectivity index (χ1n) is 8.84. The van der Waals surface area contributed by atoms with E-state index >= 15 is 0 Å². The number of nitro benzene ring substituents is 2. The van der Waals surface area contributed by atoms with E-state index in [0.717, 1.165) is 4.90 Å². The van der Waals surface area contributed by atoms with E-state index in [-0.39, 0.29) is 39.3 Å². The minimum absolute atomic E-state index is 0.0242. The molecule has 0 saturated heterocycles. The summed E-state index contributed by atoms with van der Waals surface area (Å²) in [6, 6.07) is 14.0. The van der Waals surface area contributed by atoms with E-state index in [1.807, 2.05) is 0 Å². The molecule has 0 radical (unpaired) electrons. The molecule has 3 aromatic rings. The van der Waals surface area contributed by atoms with Gasteiger partial charge in [-0.15, -0.1) is 0 Å². The van der Waals surface area contributed by atoms with Crippen molar-refractivity contribution in [3.05, 3.63) is 109 Å². The van der Waals surface area contributed by atoms with Crippen LogP contribution in [0, 0.1) is 20.2 Å². The molecule has 1 aliphatic rings. The van der Waals surface area contributed by atoms with Crippen molar-refractivity contribution in [3.8, 4) is 0 Å². The lowest BCUT2D eigenvalue weighted by molar-refractivity contribution is -0.385. The zero-order valence-corrected chi connectivity index (χ0v) is 15.6. The van der Waals surface area contributed by atoms with Crippen LogP contribution in [0.4, 0.5) is 17.1 Å². The van der Waals surface area contributed by atoms with E-state index in [1.165, 1.54) is 66.7 Å². The standard InChI is InChI=1S/C21H11N3O7/c25-19(12-1-4-15(5-2-12)23(28)29)13-3-10-17-18(11-13)21(27)22(20(17)26)14-6-8-16(9-7-14)24(30)31/h1-11H. The third-order valence-corrected chi connectivity index (χ3v) is 4.81. The SMILES string of the molecule is O=C(c1ccc([N+](=O)[O-])cc1)c1ccc2c(c1)C(=O)N(c1ccc([N+](=O)[O-])cc1)C2=O. The molecule has 0 atom stereocenters. The third-order valence-electron chi connectivity index (χ3n) is 4.81. The number of anilines is 1. The number of imide groups is 1. The van der Waals surface area contributed by atoms with E-state index in [9.17, 15) is 34.6 Å². The minimum atomic E-state index is -0.660. The molecular formula is C21H11N3O7. The van der Waals surface area contributed by atoms with Crippen molar-refractivity contribution >= 4 is 34.7 Å². The van der Waals surface area contributed by atoms with E-state index in [4.69, 9.17) is 0 Å². The van der Waals surface area contributed by atoms with Gasteiger partial charge in [0.1, 0.15) is 0 Å². The van der Waals surface area contributed by atoms with Gasteiger partial charge in [0, 0.05) is 35.4 Å². The zero-order valence-electron chi connectivity index (χ0n) is 15.6. The highest BCUT2D eigenvalue weighted by Gasteiger charge is 2.37. The van der Waals surface area contributed by atoms with Crippen LogP contribution in [0.3, 0.4) is 0 Å². The highest BCUT2D eigenvalue weighted by Crippen LogP contribution is 2.30. The number of fused-ring (bicyclic) bond motifs is 1. The first-order chi connectivity index (χ1) is 14.8. The Hall–Kier alpha value is -4.73. The smallest absolute Gasteiger partial charge is 0.269 e. The summed E-state index contributed by atoms with van der Waals surface area (Å²) in [6.45, 7) is 0. The predicted molar refractivity (Wildman–Crippen MR) is 107 cm³/mol. The fourth-order valence-electron chi connectivity index (χ4n) is 3.24. The first kappa shape index (κ1) is 19.6. The van der Waals surface area contributed by atoms with Gasteiger partial charge in [-0.05, 0) is 36.4 Å². The van der Waals surface area contributed by atoms with Gasteiger partial charge in [-0.25, -0.2) is 4.90 Å². The molecule has 3 aromatic carbocycles. The van der Waals surface area contributed by atoms with Crippen molar-refractivity contribution in [2.24, 2.45) is 0 Å². The van der Waals surface area contributed by atoms with E-state index < -0.39 is 27.4 Å². The molecule has 0 aliphatic carbocycles. The maximum absolute atomic E-state index is 12.8. The molecule has 1 heterocycles. The van der Waals surface area contributed by atoms with Gasteiger partial charge in [0.05, 0.1) is 26.7 Å². The number of carbonyl (C=O) groups excluding carboxylic acids is 3. The van der Waals surface area contributed by atoms with Crippen LogP contribution in [0.5, 0.6) is 0 Å². The Morgan fingerprint density at radius 3 is 1.71 bits per heavy atom. The Bertz CT molecular complexity index is 1280. The van der Waals surface area contributed by atoms with Crippen LogP contribution < -0.4 is 4.90 Å². The summed E-state index contributed by atoms with van der Waals surface area (Å²) in [5, 5.41) is 21.6. The molecule has 4 rings (SSSR count). The maximum Gasteiger partial charge on any atom is 0.269 e. The fraction of sp³-hybridized carbons (Fsp3) is 0. The Balaban J connectivity index is 1.65. The third kappa shape index (κ3) is 3.31. The number of hydrogen-bond donors (Lipinski definition) is 0. The normalized spacial score (nSPS) is 12.6. The van der Waals surface area contributed by atoms with Crippen molar-refractivity contribution in [2.45, 2.75) is 0 Å². The topological polar surface area (TPSA) is 141 Å². The van der Waals surface area contributed by atoms with Crippen molar-refractivity contribution < 1.29 is 24.2 Å². The van der Waals surface area contributed by atoms with Crippen molar-refractivity contribution in [2.75, 3.05) is 4.90 Å². The van der Waals surface area contributed by atoms with Gasteiger partial charge in [0.15, 0.2) is 5.78 Å². The quantitative estimate of drug-likeness (QED) is 0.267. The lowest BCUT2D eigenvalue weighted by atomic mass is 9.99. The van der Waals surface area contributed by atoms with Gasteiger partial charge in [-0.1, -0.05) is 6.07 Å². The lowest BCUT2D eigenvalue weighted by Crippen LogP contribution is -2.29. The lowest BCUT2D eigenvalue weighted by Gasteiger charge is -2.13. The molecule has 152 valence electrons. The average molecular weight is 417 g/mol. The Morgan fingerprint density at radius 2 is 1.16 bits per heavy atom. The molecule has 1 aliphatic heterocycles. The summed E-state index contributed by atoms with van der Waals surface area (Å²) in [4.78, 5) is 59.5. The van der Waals surface area contributed by atoms with Crippen LogP contribution in [0.15, 0.2) is 66.7 Å². The fourth-order valence-corrected chi connectivity index (χ4v) is 3.24. The second-order valence-corrected chi connectivity index (χ2v) is 6.61. The Kier molecular flexibility index (Phi) is 4.59. The number of carbonyl (C=O) groups is 3. The monoisotopic (exact) mass is 417 g/mol. The number of non-ortho nitro benzene ring substituents is 2. The van der Waals surface area contributed by atoms with Crippen molar-refractivity contribution in [3.63, 3.8) is 0 Å². The first-order valence-corrected chi connectivity index (χ1v) is 8.84. The largest absolute Gasteiger partial charge is 0.289 e. The molecule has 0 spiro atoms. The second-order valence-electron chi connectivity index (χ2n) is 6.61. The molecular weight excluding hydrogens is 406 g/mol. The average Bonchev–Trinajstić information content (AvgIpc) is 3.03. The number of rotatable bonds is 5. The van der Waals surface area contributed by atoms with Gasteiger partial charge in [0.25, 0.3) is 23.2 Å². The molecule has 0 bridgehead atoms. The number of amides is 2. The van der Waals surface area contributed by atoms with E-state index in [0.29, 0.717) is 0 Å². The minimum Gasteiger partial charge on any atom is -0.289 e. The summed E-state index contributed by atoms with van der Waals surface area (Å²) in [7, 11) is 0. The van der Waals surface area contributed by atoms with Crippen LogP contribution in [0.2, 0.25) is 0 Å². The van der Waals surface area contributed by atoms with E-state index in [1.54, 1.807) is 0 Å². The number of nitrogens with zero attached hydrogens (tertiary/aromatic N) is 3. The highest BCUT2D eigenvalue weighted by atomic mass is 16.6. The van der Waals surface area contributed by atoms with Crippen LogP contribution in [-0.4, -0.2) is 27.4 Å². The molecule has 0 unspecified atom stereocenters. The molecule has 10 heteroatoms. The summed E-state index contributed by atoms with van der Waals surface area (Å²) in [5.74, 6) is -1.73. The van der Waals surface area contributed by atoms with Gasteiger partial charge in [-0.3, -0.25) is 34.6 Å². The molecule has 0 N–H and O–H groups in total. The van der Waals surface area contributed by atoms with Crippen LogP contribution >= 0.6 is 0 Å². The van der Waals surface area contributed by atoms with Crippen LogP contribution in [-0.2, 0) is 0 Å². The number of ketones is 1. The molecule has 10 nitrogen and oxygen atoms in total. The Labute approximate surface area is 173 Å². The summed E-state index contributed by atoms with van der Waals surface area (Å²) in [6.07, 6.45) is 0. The maximum atomic E-state index is 12.8. The van der Waals surface area contributed by atoms with Gasteiger partial charge < -0.3 is 0 Å². The van der Waals surface area contributed by atoms with E-state index in [2.05, 4.69) is 0 Å². The molecule has 0 aromatic heterocycles. The number of benzene rings is 3. The summed E-state index contributed by atoms with van der Waals surface area (Å²) >= 11 is 0. The van der Waals surface area contributed by atoms with Gasteiger partial charge in [0.2, 0.25) is 0 Å². The summed E-state index contributed by atoms with van der Waals surface area (Å²) in [5.41, 5.74) is 0.273. The number of hydrogen-bond acceptors (Lipinski definition) is 7. The summed E-state index contributed by atoms with van der Waals surface area (Å²) < 4.78 is 0. The second kappa shape index (κ2) is 7.26. The van der Waals surface area contributed by atoms with Crippen molar-refractivity contribution in [1.29, 1.82) is 0 Å².